The number of imide groups is 1. The minimum atomic E-state index is -0.236. The number of likely N-dealkylation sites (tertiary alicyclic amines) is 1. The lowest BCUT2D eigenvalue weighted by Crippen LogP contribution is -2.51. The molecule has 140 valence electrons. The van der Waals surface area contributed by atoms with E-state index in [9.17, 15) is 19.2 Å². The second-order valence-corrected chi connectivity index (χ2v) is 7.71. The van der Waals surface area contributed by atoms with Crippen molar-refractivity contribution in [3.8, 4) is 0 Å². The Morgan fingerprint density at radius 1 is 0.885 bits per heavy atom. The lowest BCUT2D eigenvalue weighted by Gasteiger charge is -2.35. The number of nitrogens with zero attached hydrogens (tertiary/aromatic N) is 3. The van der Waals surface area contributed by atoms with E-state index in [0.717, 1.165) is 12.8 Å². The molecule has 7 heteroatoms. The Morgan fingerprint density at radius 3 is 1.96 bits per heavy atom. The van der Waals surface area contributed by atoms with Crippen LogP contribution in [0, 0.1) is 17.8 Å². The zero-order chi connectivity index (χ0) is 18.3. The fraction of sp³-hybridized carbons (Fsp3) is 0.684. The van der Waals surface area contributed by atoms with Gasteiger partial charge in [0.2, 0.25) is 23.6 Å². The van der Waals surface area contributed by atoms with Gasteiger partial charge in [0.15, 0.2) is 0 Å². The zero-order valence-corrected chi connectivity index (χ0v) is 14.9. The highest BCUT2D eigenvalue weighted by atomic mass is 16.2. The van der Waals surface area contributed by atoms with E-state index in [4.69, 9.17) is 0 Å². The van der Waals surface area contributed by atoms with Crippen LogP contribution in [0.4, 0.5) is 0 Å². The average Bonchev–Trinajstić information content (AvgIpc) is 3.49. The molecule has 0 aromatic heterocycles. The molecular weight excluding hydrogens is 334 g/mol. The van der Waals surface area contributed by atoms with Crippen molar-refractivity contribution in [3.63, 3.8) is 0 Å². The molecule has 0 bridgehead atoms. The smallest absolute Gasteiger partial charge is 0.233 e. The Morgan fingerprint density at radius 2 is 1.42 bits per heavy atom. The number of carbonyl (C=O) groups is 4. The van der Waals surface area contributed by atoms with Gasteiger partial charge in [-0.15, -0.1) is 0 Å². The molecule has 0 aromatic carbocycles. The Labute approximate surface area is 153 Å². The monoisotopic (exact) mass is 359 g/mol. The van der Waals surface area contributed by atoms with Crippen LogP contribution in [0.2, 0.25) is 0 Å². The summed E-state index contributed by atoms with van der Waals surface area (Å²) in [5.41, 5.74) is 0. The second kappa shape index (κ2) is 6.85. The van der Waals surface area contributed by atoms with Gasteiger partial charge in [0.1, 0.15) is 0 Å². The molecule has 26 heavy (non-hydrogen) atoms. The van der Waals surface area contributed by atoms with Gasteiger partial charge < -0.3 is 9.80 Å². The van der Waals surface area contributed by atoms with Crippen LogP contribution < -0.4 is 0 Å². The Kier molecular flexibility index (Phi) is 4.54. The summed E-state index contributed by atoms with van der Waals surface area (Å²) in [5, 5.41) is 0. The van der Waals surface area contributed by atoms with Gasteiger partial charge in [0, 0.05) is 45.1 Å². The summed E-state index contributed by atoms with van der Waals surface area (Å²) < 4.78 is 0. The van der Waals surface area contributed by atoms with Gasteiger partial charge in [-0.05, 0) is 25.7 Å². The molecule has 0 N–H and O–H groups in total. The Balaban J connectivity index is 1.26. The van der Waals surface area contributed by atoms with Crippen LogP contribution in [0.1, 0.15) is 32.1 Å². The number of hydrogen-bond donors (Lipinski definition) is 0. The molecule has 0 unspecified atom stereocenters. The predicted octanol–water partition coefficient (Wildman–Crippen LogP) is 0.409. The lowest BCUT2D eigenvalue weighted by atomic mass is 9.85. The molecule has 3 fully saturated rings. The van der Waals surface area contributed by atoms with E-state index in [2.05, 4.69) is 0 Å². The number of piperazine rings is 1. The standard InChI is InChI=1S/C19H25N3O4/c23-16(20-9-11-21(12-10-20)17(24)13-5-6-13)7-8-22-18(25)14-3-1-2-4-15(14)19(22)26/h1-2,13-15H,3-12H2/t14-,15+. The van der Waals surface area contributed by atoms with Crippen molar-refractivity contribution in [1.82, 2.24) is 14.7 Å². The van der Waals surface area contributed by atoms with E-state index in [1.807, 2.05) is 17.1 Å². The number of allylic oxidation sites excluding steroid dienone is 2. The van der Waals surface area contributed by atoms with E-state index in [1.165, 1.54) is 4.90 Å². The summed E-state index contributed by atoms with van der Waals surface area (Å²) in [7, 11) is 0. The first-order chi connectivity index (χ1) is 12.6. The molecule has 2 heterocycles. The van der Waals surface area contributed by atoms with E-state index in [1.54, 1.807) is 4.90 Å². The van der Waals surface area contributed by atoms with Crippen LogP contribution in [0.3, 0.4) is 0 Å². The van der Waals surface area contributed by atoms with E-state index >= 15 is 0 Å². The van der Waals surface area contributed by atoms with Gasteiger partial charge in [-0.25, -0.2) is 0 Å². The van der Waals surface area contributed by atoms with Crippen molar-refractivity contribution in [2.45, 2.75) is 32.1 Å². The zero-order valence-electron chi connectivity index (χ0n) is 14.9. The van der Waals surface area contributed by atoms with Crippen LogP contribution >= 0.6 is 0 Å². The summed E-state index contributed by atoms with van der Waals surface area (Å²) in [4.78, 5) is 54.3. The SMILES string of the molecule is O=C(CCN1C(=O)[C@H]2CC=CC[C@H]2C1=O)N1CCN(C(=O)C2CC2)CC1. The van der Waals surface area contributed by atoms with Crippen molar-refractivity contribution in [3.05, 3.63) is 12.2 Å². The molecular formula is C19H25N3O4. The van der Waals surface area contributed by atoms with E-state index in [-0.39, 0.29) is 54.3 Å². The van der Waals surface area contributed by atoms with Crippen molar-refractivity contribution in [1.29, 1.82) is 0 Å². The summed E-state index contributed by atoms with van der Waals surface area (Å²) >= 11 is 0. The van der Waals surface area contributed by atoms with E-state index < -0.39 is 0 Å². The van der Waals surface area contributed by atoms with Crippen LogP contribution in [0.15, 0.2) is 12.2 Å². The highest BCUT2D eigenvalue weighted by molar-refractivity contribution is 6.05. The van der Waals surface area contributed by atoms with Gasteiger partial charge in [0.05, 0.1) is 11.8 Å². The third kappa shape index (κ3) is 3.15. The number of rotatable bonds is 4. The molecule has 0 aromatic rings. The average molecular weight is 359 g/mol. The second-order valence-electron chi connectivity index (χ2n) is 7.71. The van der Waals surface area contributed by atoms with Gasteiger partial charge in [-0.1, -0.05) is 12.2 Å². The van der Waals surface area contributed by atoms with Crippen LogP contribution in [0.25, 0.3) is 0 Å². The number of amides is 4. The van der Waals surface area contributed by atoms with Crippen LogP contribution in [-0.4, -0.2) is 71.1 Å². The van der Waals surface area contributed by atoms with Crippen molar-refractivity contribution in [2.75, 3.05) is 32.7 Å². The number of hydrogen-bond acceptors (Lipinski definition) is 4. The summed E-state index contributed by atoms with van der Waals surface area (Å²) in [6.45, 7) is 2.41. The molecule has 7 nitrogen and oxygen atoms in total. The highest BCUT2D eigenvalue weighted by Crippen LogP contribution is 2.35. The molecule has 2 aliphatic carbocycles. The molecule has 2 aliphatic heterocycles. The molecule has 4 amide bonds. The van der Waals surface area contributed by atoms with Crippen LogP contribution in [0.5, 0.6) is 0 Å². The third-order valence-electron chi connectivity index (χ3n) is 6.02. The Bertz CT molecular complexity index is 636. The van der Waals surface area contributed by atoms with Gasteiger partial charge in [-0.2, -0.15) is 0 Å². The summed E-state index contributed by atoms with van der Waals surface area (Å²) in [6.07, 6.45) is 7.32. The van der Waals surface area contributed by atoms with Crippen molar-refractivity contribution in [2.24, 2.45) is 17.8 Å². The minimum absolute atomic E-state index is 0.0443. The predicted molar refractivity (Wildman–Crippen MR) is 92.6 cm³/mol. The molecule has 0 radical (unpaired) electrons. The van der Waals surface area contributed by atoms with Crippen LogP contribution in [-0.2, 0) is 19.2 Å². The summed E-state index contributed by atoms with van der Waals surface area (Å²) in [6, 6.07) is 0. The first kappa shape index (κ1) is 17.2. The lowest BCUT2D eigenvalue weighted by molar-refractivity contribution is -0.143. The fourth-order valence-corrected chi connectivity index (χ4v) is 4.22. The van der Waals surface area contributed by atoms with Gasteiger partial charge in [-0.3, -0.25) is 24.1 Å². The molecule has 0 spiro atoms. The van der Waals surface area contributed by atoms with Gasteiger partial charge >= 0.3 is 0 Å². The van der Waals surface area contributed by atoms with E-state index in [0.29, 0.717) is 39.0 Å². The fourth-order valence-electron chi connectivity index (χ4n) is 4.22. The van der Waals surface area contributed by atoms with Gasteiger partial charge in [0.25, 0.3) is 0 Å². The normalized spacial score (nSPS) is 28.5. The van der Waals surface area contributed by atoms with Crippen molar-refractivity contribution < 1.29 is 19.2 Å². The molecule has 4 rings (SSSR count). The molecule has 2 atom stereocenters. The molecule has 4 aliphatic rings. The first-order valence-electron chi connectivity index (χ1n) is 9.63. The Hall–Kier alpha value is -2.18. The quantitative estimate of drug-likeness (QED) is 0.538. The summed E-state index contributed by atoms with van der Waals surface area (Å²) in [5.74, 6) is -0.339. The topological polar surface area (TPSA) is 78.0 Å². The minimum Gasteiger partial charge on any atom is -0.339 e. The number of carbonyl (C=O) groups excluding carboxylic acids is 4. The largest absolute Gasteiger partial charge is 0.339 e. The highest BCUT2D eigenvalue weighted by Gasteiger charge is 2.47. The molecule has 1 saturated carbocycles. The van der Waals surface area contributed by atoms with Crippen molar-refractivity contribution >= 4 is 23.6 Å². The maximum atomic E-state index is 12.5. The maximum Gasteiger partial charge on any atom is 0.233 e. The third-order valence-corrected chi connectivity index (χ3v) is 6.02. The maximum absolute atomic E-state index is 12.5. The molecule has 2 saturated heterocycles. The number of fused-ring (bicyclic) bond motifs is 1. The first-order valence-corrected chi connectivity index (χ1v) is 9.63.